The van der Waals surface area contributed by atoms with E-state index >= 15 is 0 Å². The van der Waals surface area contributed by atoms with Crippen molar-refractivity contribution < 1.29 is 9.90 Å². The van der Waals surface area contributed by atoms with Crippen molar-refractivity contribution in [2.75, 3.05) is 6.61 Å². The second-order valence-electron chi connectivity index (χ2n) is 8.82. The van der Waals surface area contributed by atoms with Crippen LogP contribution in [0.3, 0.4) is 0 Å². The van der Waals surface area contributed by atoms with Crippen molar-refractivity contribution in [3.05, 3.63) is 50.7 Å². The van der Waals surface area contributed by atoms with Crippen LogP contribution in [0, 0.1) is 23.7 Å². The van der Waals surface area contributed by atoms with Gasteiger partial charge in [0, 0.05) is 34.5 Å². The molecule has 2 aliphatic carbocycles. The summed E-state index contributed by atoms with van der Waals surface area (Å²) in [5.41, 5.74) is 1.97. The number of aliphatic hydroxyl groups is 1. The van der Waals surface area contributed by atoms with Crippen molar-refractivity contribution in [1.82, 2.24) is 4.90 Å². The summed E-state index contributed by atoms with van der Waals surface area (Å²) in [5.74, 6) is 7.84. The first-order chi connectivity index (χ1) is 16.0. The molecule has 1 amide bonds. The lowest BCUT2D eigenvalue weighted by atomic mass is 9.94. The van der Waals surface area contributed by atoms with Gasteiger partial charge in [-0.3, -0.25) is 9.69 Å². The number of thioether (sulfide) groups is 1. The topological polar surface area (TPSA) is 40.5 Å². The summed E-state index contributed by atoms with van der Waals surface area (Å²) in [7, 11) is 0. The second kappa shape index (κ2) is 9.93. The Morgan fingerprint density at radius 2 is 2.06 bits per heavy atom. The summed E-state index contributed by atoms with van der Waals surface area (Å²) >= 11 is 14.8. The number of thiophene rings is 1. The number of nitrogens with zero attached hydrogens (tertiary/aromatic N) is 1. The van der Waals surface area contributed by atoms with Crippen LogP contribution in [0.4, 0.5) is 0 Å². The minimum Gasteiger partial charge on any atom is -0.396 e. The maximum absolute atomic E-state index is 13.3. The Morgan fingerprint density at radius 3 is 2.76 bits per heavy atom. The molecule has 2 saturated carbocycles. The molecule has 170 valence electrons. The molecular weight excluding hydrogens is 490 g/mol. The molecular formula is C26H24ClNO2S3. The molecule has 1 N–H and O–H groups in total. The molecule has 3 aliphatic rings. The van der Waals surface area contributed by atoms with E-state index in [-0.39, 0.29) is 18.6 Å². The zero-order valence-corrected chi connectivity index (χ0v) is 21.3. The van der Waals surface area contributed by atoms with Crippen LogP contribution in [0.1, 0.15) is 49.0 Å². The highest BCUT2D eigenvalue weighted by Crippen LogP contribution is 2.49. The van der Waals surface area contributed by atoms with Crippen molar-refractivity contribution >= 4 is 63.2 Å². The maximum Gasteiger partial charge on any atom is 0.266 e. The summed E-state index contributed by atoms with van der Waals surface area (Å²) in [4.78, 5) is 18.0. The number of fused-ring (bicyclic) bond motifs is 2. The molecule has 1 aromatic carbocycles. The first-order valence-corrected chi connectivity index (χ1v) is 13.7. The Balaban J connectivity index is 1.43. The standard InChI is InChI=1S/C26H24ClNO2S3/c27-20-9-7-17(8-10-20)24-19(4-2-1-3-11-29)14-21(32-24)15-23-25(30)28(26(31)33-23)22-13-16-5-6-18(22)12-16/h7-10,14-16,18,22,29H,1,3,5-6,11-13H2/b23-15-. The van der Waals surface area contributed by atoms with Crippen LogP contribution in [0.15, 0.2) is 35.2 Å². The van der Waals surface area contributed by atoms with Gasteiger partial charge in [-0.1, -0.05) is 66.0 Å². The molecule has 1 aliphatic heterocycles. The predicted octanol–water partition coefficient (Wildman–Crippen LogP) is 6.58. The molecule has 0 radical (unpaired) electrons. The number of carbonyl (C=O) groups excluding carboxylic acids is 1. The van der Waals surface area contributed by atoms with Gasteiger partial charge in [-0.25, -0.2) is 0 Å². The quantitative estimate of drug-likeness (QED) is 0.212. The van der Waals surface area contributed by atoms with E-state index in [1.165, 1.54) is 31.0 Å². The van der Waals surface area contributed by atoms with Gasteiger partial charge < -0.3 is 5.11 Å². The number of rotatable bonds is 5. The highest BCUT2D eigenvalue weighted by molar-refractivity contribution is 8.26. The van der Waals surface area contributed by atoms with E-state index in [2.05, 4.69) is 11.8 Å². The van der Waals surface area contributed by atoms with E-state index < -0.39 is 0 Å². The molecule has 3 fully saturated rings. The summed E-state index contributed by atoms with van der Waals surface area (Å²) in [6.45, 7) is 0.137. The number of hydrogen-bond acceptors (Lipinski definition) is 5. The lowest BCUT2D eigenvalue weighted by Crippen LogP contribution is -2.41. The minimum atomic E-state index is 0.0552. The van der Waals surface area contributed by atoms with Crippen LogP contribution in [-0.4, -0.2) is 32.9 Å². The van der Waals surface area contributed by atoms with Crippen molar-refractivity contribution in [3.8, 4) is 22.3 Å². The lowest BCUT2D eigenvalue weighted by molar-refractivity contribution is -0.124. The summed E-state index contributed by atoms with van der Waals surface area (Å²) < 4.78 is 0.697. The second-order valence-corrected chi connectivity index (χ2v) is 12.0. The van der Waals surface area contributed by atoms with Gasteiger partial charge in [0.25, 0.3) is 5.91 Å². The van der Waals surface area contributed by atoms with Crippen molar-refractivity contribution in [2.24, 2.45) is 11.8 Å². The van der Waals surface area contributed by atoms with E-state index in [4.69, 9.17) is 28.9 Å². The SMILES string of the molecule is O=C1/C(=C/c2cc(C#CCCCO)c(-c3ccc(Cl)cc3)s2)SC(=S)N1C1CC2CCC1C2. The Morgan fingerprint density at radius 1 is 1.24 bits per heavy atom. The van der Waals surface area contributed by atoms with Crippen molar-refractivity contribution in [1.29, 1.82) is 0 Å². The molecule has 3 unspecified atom stereocenters. The van der Waals surface area contributed by atoms with Crippen LogP contribution in [0.5, 0.6) is 0 Å². The summed E-state index contributed by atoms with van der Waals surface area (Å²) in [5, 5.41) is 9.72. The average molecular weight is 514 g/mol. The highest BCUT2D eigenvalue weighted by Gasteiger charge is 2.47. The van der Waals surface area contributed by atoms with Gasteiger partial charge in [0.1, 0.15) is 4.32 Å². The molecule has 2 aromatic rings. The van der Waals surface area contributed by atoms with Crippen LogP contribution in [-0.2, 0) is 4.79 Å². The third-order valence-electron chi connectivity index (χ3n) is 6.67. The van der Waals surface area contributed by atoms with Crippen LogP contribution < -0.4 is 0 Å². The molecule has 7 heteroatoms. The molecule has 33 heavy (non-hydrogen) atoms. The smallest absolute Gasteiger partial charge is 0.266 e. The fourth-order valence-electron chi connectivity index (χ4n) is 5.14. The predicted molar refractivity (Wildman–Crippen MR) is 142 cm³/mol. The molecule has 0 spiro atoms. The van der Waals surface area contributed by atoms with Gasteiger partial charge in [-0.2, -0.15) is 0 Å². The molecule has 2 bridgehead atoms. The van der Waals surface area contributed by atoms with Gasteiger partial charge in [-0.05, 0) is 67.4 Å². The zero-order valence-electron chi connectivity index (χ0n) is 18.1. The average Bonchev–Trinajstić information content (AvgIpc) is 3.57. The number of thiocarbonyl (C=S) groups is 1. The van der Waals surface area contributed by atoms with Crippen LogP contribution in [0.25, 0.3) is 16.5 Å². The van der Waals surface area contributed by atoms with E-state index in [1.54, 1.807) is 11.3 Å². The zero-order chi connectivity index (χ0) is 22.9. The van der Waals surface area contributed by atoms with Crippen molar-refractivity contribution in [3.63, 3.8) is 0 Å². The summed E-state index contributed by atoms with van der Waals surface area (Å²) in [6, 6.07) is 10.1. The minimum absolute atomic E-state index is 0.0552. The third kappa shape index (κ3) is 4.80. The molecule has 1 aromatic heterocycles. The molecule has 3 atom stereocenters. The van der Waals surface area contributed by atoms with Gasteiger partial charge >= 0.3 is 0 Å². The molecule has 3 nitrogen and oxygen atoms in total. The largest absolute Gasteiger partial charge is 0.396 e. The number of carbonyl (C=O) groups is 1. The monoisotopic (exact) mass is 513 g/mol. The first kappa shape index (κ1) is 23.1. The number of unbranched alkanes of at least 4 members (excludes halogenated alkanes) is 1. The highest BCUT2D eigenvalue weighted by atomic mass is 35.5. The van der Waals surface area contributed by atoms with Gasteiger partial charge in [0.15, 0.2) is 0 Å². The normalized spacial score (nSPS) is 25.2. The maximum atomic E-state index is 13.3. The Bertz CT molecular complexity index is 1170. The van der Waals surface area contributed by atoms with Crippen molar-refractivity contribution in [2.45, 2.75) is 44.6 Å². The molecule has 1 saturated heterocycles. The third-order valence-corrected chi connectivity index (χ3v) is 9.38. The number of benzene rings is 1. The molecule has 2 heterocycles. The number of halogens is 1. The number of hydrogen-bond donors (Lipinski definition) is 1. The van der Waals surface area contributed by atoms with E-state index in [1.807, 2.05) is 41.3 Å². The van der Waals surface area contributed by atoms with E-state index in [0.717, 1.165) is 33.2 Å². The fourth-order valence-corrected chi connectivity index (χ4v) is 7.76. The Kier molecular flexibility index (Phi) is 6.96. The van der Waals surface area contributed by atoms with Gasteiger partial charge in [-0.15, -0.1) is 11.3 Å². The van der Waals surface area contributed by atoms with E-state index in [9.17, 15) is 4.79 Å². The summed E-state index contributed by atoms with van der Waals surface area (Å²) in [6.07, 6.45) is 8.13. The Hall–Kier alpha value is -1.62. The first-order valence-electron chi connectivity index (χ1n) is 11.3. The lowest BCUT2D eigenvalue weighted by Gasteiger charge is -2.30. The number of amides is 1. The van der Waals surface area contributed by atoms with Gasteiger partial charge in [0.05, 0.1) is 9.78 Å². The number of aliphatic hydroxyl groups excluding tert-OH is 1. The fraction of sp³-hybridized carbons (Fsp3) is 0.385. The van der Waals surface area contributed by atoms with E-state index in [0.29, 0.717) is 33.0 Å². The Labute approximate surface area is 213 Å². The van der Waals surface area contributed by atoms with Gasteiger partial charge in [0.2, 0.25) is 0 Å². The molecule has 5 rings (SSSR count). The van der Waals surface area contributed by atoms with Crippen LogP contribution >= 0.6 is 46.9 Å². The van der Waals surface area contributed by atoms with Crippen LogP contribution in [0.2, 0.25) is 5.02 Å².